The van der Waals surface area contributed by atoms with Gasteiger partial charge in [-0.15, -0.1) is 11.8 Å². The smallest absolute Gasteiger partial charge is 0.0961 e. The summed E-state index contributed by atoms with van der Waals surface area (Å²) in [7, 11) is 0. The van der Waals surface area contributed by atoms with Gasteiger partial charge >= 0.3 is 0 Å². The van der Waals surface area contributed by atoms with Gasteiger partial charge < -0.3 is 10.4 Å². The summed E-state index contributed by atoms with van der Waals surface area (Å²) in [4.78, 5) is 4.32. The number of halogens is 1. The molecule has 1 fully saturated rings. The van der Waals surface area contributed by atoms with Gasteiger partial charge in [0, 0.05) is 28.0 Å². The average Bonchev–Trinajstić information content (AvgIpc) is 3.12. The van der Waals surface area contributed by atoms with Gasteiger partial charge in [-0.05, 0) is 47.8 Å². The van der Waals surface area contributed by atoms with E-state index in [9.17, 15) is 5.11 Å². The highest BCUT2D eigenvalue weighted by Gasteiger charge is 2.32. The number of nitrogens with zero attached hydrogens (tertiary/aromatic N) is 1. The van der Waals surface area contributed by atoms with Crippen LogP contribution >= 0.6 is 27.7 Å². The Hall–Kier alpha value is -0.100. The van der Waals surface area contributed by atoms with E-state index in [4.69, 9.17) is 0 Å². The van der Waals surface area contributed by atoms with Gasteiger partial charge in [0.1, 0.15) is 0 Å². The largest absolute Gasteiger partial charge is 0.394 e. The molecule has 5 heteroatoms. The lowest BCUT2D eigenvalue weighted by Crippen LogP contribution is -2.49. The molecule has 3 nitrogen and oxygen atoms in total. The number of nitrogens with one attached hydrogen (secondary N) is 1. The molecule has 1 aromatic rings. The number of pyridine rings is 1. The van der Waals surface area contributed by atoms with Crippen LogP contribution in [0.15, 0.2) is 27.8 Å². The van der Waals surface area contributed by atoms with Crippen LogP contribution in [0, 0.1) is 0 Å². The number of aromatic nitrogens is 1. The Morgan fingerprint density at radius 3 is 2.88 bits per heavy atom. The van der Waals surface area contributed by atoms with Crippen molar-refractivity contribution in [3.63, 3.8) is 0 Å². The van der Waals surface area contributed by atoms with Gasteiger partial charge in [0.15, 0.2) is 0 Å². The van der Waals surface area contributed by atoms with Crippen LogP contribution in [0.2, 0.25) is 0 Å². The molecule has 0 bridgehead atoms. The molecule has 94 valence electrons. The maximum atomic E-state index is 9.48. The zero-order valence-electron chi connectivity index (χ0n) is 9.82. The second kappa shape index (κ2) is 5.69. The topological polar surface area (TPSA) is 45.2 Å². The summed E-state index contributed by atoms with van der Waals surface area (Å²) in [6.45, 7) is 2.23. The third-order valence-electron chi connectivity index (χ3n) is 2.72. The Kier molecular flexibility index (Phi) is 4.47. The minimum Gasteiger partial charge on any atom is -0.394 e. The lowest BCUT2D eigenvalue weighted by atomic mass is 10.1. The van der Waals surface area contributed by atoms with Gasteiger partial charge in [-0.25, -0.2) is 4.98 Å². The Balaban J connectivity index is 1.88. The Bertz CT molecular complexity index is 369. The zero-order chi connectivity index (χ0) is 12.3. The van der Waals surface area contributed by atoms with E-state index in [1.54, 1.807) is 18.0 Å². The van der Waals surface area contributed by atoms with E-state index < -0.39 is 0 Å². The number of hydrogen-bond acceptors (Lipinski definition) is 4. The van der Waals surface area contributed by atoms with Gasteiger partial charge in [-0.3, -0.25) is 0 Å². The SMILES string of the molecule is CC(CO)(CSc1ccc(Br)cn1)NC1CC1. The summed E-state index contributed by atoms with van der Waals surface area (Å²) < 4.78 is 0.989. The summed E-state index contributed by atoms with van der Waals surface area (Å²) in [6, 6.07) is 4.58. The first-order valence-corrected chi connectivity index (χ1v) is 7.52. The van der Waals surface area contributed by atoms with E-state index in [0.29, 0.717) is 6.04 Å². The Labute approximate surface area is 115 Å². The van der Waals surface area contributed by atoms with Crippen molar-refractivity contribution < 1.29 is 5.11 Å². The fourth-order valence-corrected chi connectivity index (χ4v) is 2.70. The molecule has 0 aliphatic heterocycles. The number of hydrogen-bond donors (Lipinski definition) is 2. The Morgan fingerprint density at radius 1 is 1.59 bits per heavy atom. The molecule has 1 aromatic heterocycles. The fraction of sp³-hybridized carbons (Fsp3) is 0.583. The first-order valence-electron chi connectivity index (χ1n) is 5.74. The summed E-state index contributed by atoms with van der Waals surface area (Å²) in [5, 5.41) is 14.0. The van der Waals surface area contributed by atoms with Gasteiger partial charge in [0.25, 0.3) is 0 Å². The molecule has 0 radical (unpaired) electrons. The summed E-state index contributed by atoms with van der Waals surface area (Å²) in [5.41, 5.74) is -0.208. The van der Waals surface area contributed by atoms with Crippen LogP contribution in [0.5, 0.6) is 0 Å². The van der Waals surface area contributed by atoms with E-state index >= 15 is 0 Å². The number of thioether (sulfide) groups is 1. The van der Waals surface area contributed by atoms with E-state index in [1.807, 2.05) is 12.1 Å². The number of aliphatic hydroxyl groups excluding tert-OH is 1. The molecule has 0 saturated heterocycles. The number of aliphatic hydroxyl groups is 1. The summed E-state index contributed by atoms with van der Waals surface area (Å²) >= 11 is 5.04. The van der Waals surface area contributed by atoms with Gasteiger partial charge in [0.2, 0.25) is 0 Å². The van der Waals surface area contributed by atoms with Crippen molar-refractivity contribution in [2.45, 2.75) is 36.4 Å². The van der Waals surface area contributed by atoms with Crippen molar-refractivity contribution >= 4 is 27.7 Å². The first kappa shape index (κ1) is 13.3. The maximum Gasteiger partial charge on any atom is 0.0961 e. The summed E-state index contributed by atoms with van der Waals surface area (Å²) in [6.07, 6.45) is 4.26. The second-order valence-corrected chi connectivity index (χ2v) is 6.65. The quantitative estimate of drug-likeness (QED) is 0.791. The monoisotopic (exact) mass is 316 g/mol. The predicted molar refractivity (Wildman–Crippen MR) is 74.3 cm³/mol. The van der Waals surface area contributed by atoms with Gasteiger partial charge in [0.05, 0.1) is 11.6 Å². The van der Waals surface area contributed by atoms with Crippen molar-refractivity contribution in [1.82, 2.24) is 10.3 Å². The zero-order valence-corrected chi connectivity index (χ0v) is 12.2. The van der Waals surface area contributed by atoms with E-state index in [1.165, 1.54) is 12.8 Å². The predicted octanol–water partition coefficient (Wildman–Crippen LogP) is 2.44. The highest BCUT2D eigenvalue weighted by molar-refractivity contribution is 9.10. The normalized spacial score (nSPS) is 19.0. The van der Waals surface area contributed by atoms with Crippen LogP contribution in [0.3, 0.4) is 0 Å². The van der Waals surface area contributed by atoms with E-state index in [2.05, 4.69) is 33.2 Å². The highest BCUT2D eigenvalue weighted by atomic mass is 79.9. The maximum absolute atomic E-state index is 9.48. The molecule has 1 heterocycles. The highest BCUT2D eigenvalue weighted by Crippen LogP contribution is 2.26. The van der Waals surface area contributed by atoms with E-state index in [-0.39, 0.29) is 12.1 Å². The third-order valence-corrected chi connectivity index (χ3v) is 4.51. The lowest BCUT2D eigenvalue weighted by Gasteiger charge is -2.28. The van der Waals surface area contributed by atoms with Crippen LogP contribution in [0.25, 0.3) is 0 Å². The van der Waals surface area contributed by atoms with Crippen LogP contribution in [-0.2, 0) is 0 Å². The molecule has 1 saturated carbocycles. The minimum atomic E-state index is -0.208. The van der Waals surface area contributed by atoms with Crippen molar-refractivity contribution in [2.75, 3.05) is 12.4 Å². The van der Waals surface area contributed by atoms with Crippen molar-refractivity contribution in [3.8, 4) is 0 Å². The van der Waals surface area contributed by atoms with E-state index in [0.717, 1.165) is 15.3 Å². The average molecular weight is 317 g/mol. The molecular formula is C12H17BrN2OS. The fourth-order valence-electron chi connectivity index (χ4n) is 1.53. The molecular weight excluding hydrogens is 300 g/mol. The molecule has 2 rings (SSSR count). The second-order valence-electron chi connectivity index (χ2n) is 4.74. The van der Waals surface area contributed by atoms with Crippen LogP contribution in [0.1, 0.15) is 19.8 Å². The standard InChI is InChI=1S/C12H17BrN2OS/c1-12(7-16,15-10-3-4-10)8-17-11-5-2-9(13)6-14-11/h2,5-6,10,15-16H,3-4,7-8H2,1H3. The molecule has 1 unspecified atom stereocenters. The molecule has 1 aliphatic rings. The number of rotatable bonds is 6. The molecule has 0 amide bonds. The molecule has 1 aliphatic carbocycles. The van der Waals surface area contributed by atoms with Crippen molar-refractivity contribution in [1.29, 1.82) is 0 Å². The third kappa shape index (κ3) is 4.25. The molecule has 0 aromatic carbocycles. The van der Waals surface area contributed by atoms with Crippen molar-refractivity contribution in [3.05, 3.63) is 22.8 Å². The van der Waals surface area contributed by atoms with Gasteiger partial charge in [-0.1, -0.05) is 0 Å². The van der Waals surface area contributed by atoms with Crippen LogP contribution in [0.4, 0.5) is 0 Å². The molecule has 0 spiro atoms. The minimum absolute atomic E-state index is 0.160. The van der Waals surface area contributed by atoms with Crippen molar-refractivity contribution in [2.24, 2.45) is 0 Å². The summed E-state index contributed by atoms with van der Waals surface area (Å²) in [5.74, 6) is 0.828. The van der Waals surface area contributed by atoms with Gasteiger partial charge in [-0.2, -0.15) is 0 Å². The Morgan fingerprint density at radius 2 is 2.35 bits per heavy atom. The molecule has 17 heavy (non-hydrogen) atoms. The van der Waals surface area contributed by atoms with Crippen LogP contribution in [-0.4, -0.2) is 34.0 Å². The lowest BCUT2D eigenvalue weighted by molar-refractivity contribution is 0.190. The first-order chi connectivity index (χ1) is 8.11. The van der Waals surface area contributed by atoms with Crippen LogP contribution < -0.4 is 5.32 Å². The molecule has 1 atom stereocenters. The molecule has 2 N–H and O–H groups in total.